The second-order valence-electron chi connectivity index (χ2n) is 4.67. The van der Waals surface area contributed by atoms with Crippen LogP contribution >= 0.6 is 11.3 Å². The Morgan fingerprint density at radius 2 is 2.22 bits per heavy atom. The molecule has 0 amide bonds. The molecule has 0 atom stereocenters. The molecule has 0 bridgehead atoms. The molecule has 98 valence electrons. The van der Waals surface area contributed by atoms with Gasteiger partial charge in [-0.25, -0.2) is 9.97 Å². The van der Waals surface area contributed by atoms with Gasteiger partial charge in [0.1, 0.15) is 5.01 Å². The van der Waals surface area contributed by atoms with Crippen molar-refractivity contribution >= 4 is 11.3 Å². The normalized spacial score (nSPS) is 11.4. The van der Waals surface area contributed by atoms with Gasteiger partial charge in [-0.15, -0.1) is 11.3 Å². The summed E-state index contributed by atoms with van der Waals surface area (Å²) in [5, 5.41) is 4.52. The fourth-order valence-corrected chi connectivity index (χ4v) is 2.92. The van der Waals surface area contributed by atoms with Crippen LogP contribution in [0.15, 0.2) is 12.5 Å². The van der Waals surface area contributed by atoms with Crippen molar-refractivity contribution in [2.24, 2.45) is 7.05 Å². The molecule has 2 aromatic heterocycles. The van der Waals surface area contributed by atoms with Crippen LogP contribution in [0.2, 0.25) is 0 Å². The summed E-state index contributed by atoms with van der Waals surface area (Å²) in [6, 6.07) is 0.497. The molecule has 2 heterocycles. The van der Waals surface area contributed by atoms with Gasteiger partial charge in [0.2, 0.25) is 0 Å². The Labute approximate surface area is 112 Å². The lowest BCUT2D eigenvalue weighted by atomic mass is 10.3. The van der Waals surface area contributed by atoms with Crippen LogP contribution in [0.1, 0.15) is 31.3 Å². The lowest BCUT2D eigenvalue weighted by Crippen LogP contribution is -2.21. The standard InChI is InChI=1S/C13H20N4S/c1-5-10-12(7-15-9(2)3)18-13(16-10)11-6-14-8-17(11)4/h6,8-9,15H,5,7H2,1-4H3. The number of thiazole rings is 1. The summed E-state index contributed by atoms with van der Waals surface area (Å²) >= 11 is 1.76. The predicted molar refractivity (Wildman–Crippen MR) is 75.7 cm³/mol. The van der Waals surface area contributed by atoms with E-state index in [4.69, 9.17) is 4.98 Å². The van der Waals surface area contributed by atoms with E-state index in [2.05, 4.69) is 31.1 Å². The summed E-state index contributed by atoms with van der Waals surface area (Å²) in [7, 11) is 2.00. The van der Waals surface area contributed by atoms with E-state index in [1.807, 2.05) is 24.1 Å². The third kappa shape index (κ3) is 2.79. The van der Waals surface area contributed by atoms with Gasteiger partial charge in [-0.3, -0.25) is 0 Å². The zero-order valence-electron chi connectivity index (χ0n) is 11.4. The Bertz CT molecular complexity index is 513. The molecule has 0 saturated heterocycles. The third-order valence-corrected chi connectivity index (χ3v) is 3.94. The Balaban J connectivity index is 2.26. The maximum absolute atomic E-state index is 4.73. The minimum absolute atomic E-state index is 0.497. The van der Waals surface area contributed by atoms with Gasteiger partial charge in [0.15, 0.2) is 0 Å². The largest absolute Gasteiger partial charge is 0.332 e. The molecule has 0 unspecified atom stereocenters. The molecule has 1 N–H and O–H groups in total. The lowest BCUT2D eigenvalue weighted by Gasteiger charge is -2.06. The Morgan fingerprint density at radius 1 is 1.44 bits per heavy atom. The zero-order valence-corrected chi connectivity index (χ0v) is 12.2. The molecule has 0 spiro atoms. The maximum Gasteiger partial charge on any atom is 0.142 e. The Hall–Kier alpha value is -1.20. The summed E-state index contributed by atoms with van der Waals surface area (Å²) in [6.45, 7) is 7.38. The smallest absolute Gasteiger partial charge is 0.142 e. The molecular weight excluding hydrogens is 244 g/mol. The molecule has 4 nitrogen and oxygen atoms in total. The molecule has 18 heavy (non-hydrogen) atoms. The van der Waals surface area contributed by atoms with E-state index in [9.17, 15) is 0 Å². The van der Waals surface area contributed by atoms with E-state index in [0.29, 0.717) is 6.04 Å². The first kappa shape index (κ1) is 13.2. The molecular formula is C13H20N4S. The summed E-state index contributed by atoms with van der Waals surface area (Å²) < 4.78 is 2.01. The fourth-order valence-electron chi connectivity index (χ4n) is 1.77. The first-order valence-electron chi connectivity index (χ1n) is 6.30. The van der Waals surface area contributed by atoms with Crippen molar-refractivity contribution in [1.29, 1.82) is 0 Å². The topological polar surface area (TPSA) is 42.7 Å². The molecule has 2 aromatic rings. The zero-order chi connectivity index (χ0) is 13.1. The van der Waals surface area contributed by atoms with Gasteiger partial charge in [-0.1, -0.05) is 20.8 Å². The number of nitrogens with one attached hydrogen (secondary N) is 1. The number of aryl methyl sites for hydroxylation is 2. The van der Waals surface area contributed by atoms with Crippen LogP contribution in [0.5, 0.6) is 0 Å². The first-order chi connectivity index (χ1) is 8.61. The summed E-state index contributed by atoms with van der Waals surface area (Å²) in [4.78, 5) is 10.2. The summed E-state index contributed by atoms with van der Waals surface area (Å²) in [6.07, 6.45) is 4.66. The molecule has 0 saturated carbocycles. The number of hydrogen-bond donors (Lipinski definition) is 1. The molecule has 0 aliphatic rings. The van der Waals surface area contributed by atoms with Crippen LogP contribution in [0.3, 0.4) is 0 Å². The van der Waals surface area contributed by atoms with Crippen LogP contribution in [-0.2, 0) is 20.0 Å². The highest BCUT2D eigenvalue weighted by Crippen LogP contribution is 2.28. The number of hydrogen-bond acceptors (Lipinski definition) is 4. The molecule has 0 aliphatic carbocycles. The highest BCUT2D eigenvalue weighted by atomic mass is 32.1. The summed E-state index contributed by atoms with van der Waals surface area (Å²) in [5.41, 5.74) is 2.29. The van der Waals surface area contributed by atoms with Crippen LogP contribution in [0.25, 0.3) is 10.7 Å². The van der Waals surface area contributed by atoms with Gasteiger partial charge in [0.05, 0.1) is 23.9 Å². The minimum atomic E-state index is 0.497. The van der Waals surface area contributed by atoms with Crippen LogP contribution in [-0.4, -0.2) is 20.6 Å². The maximum atomic E-state index is 4.73. The van der Waals surface area contributed by atoms with Crippen molar-refractivity contribution < 1.29 is 0 Å². The molecule has 5 heteroatoms. The lowest BCUT2D eigenvalue weighted by molar-refractivity contribution is 0.590. The van der Waals surface area contributed by atoms with Crippen molar-refractivity contribution in [2.75, 3.05) is 0 Å². The second-order valence-corrected chi connectivity index (χ2v) is 5.75. The Kier molecular flexibility index (Phi) is 4.14. The van der Waals surface area contributed by atoms with E-state index in [-0.39, 0.29) is 0 Å². The van der Waals surface area contributed by atoms with Gasteiger partial charge < -0.3 is 9.88 Å². The highest BCUT2D eigenvalue weighted by Gasteiger charge is 2.13. The average molecular weight is 264 g/mol. The van der Waals surface area contributed by atoms with Crippen molar-refractivity contribution in [2.45, 2.75) is 39.8 Å². The number of aromatic nitrogens is 3. The third-order valence-electron chi connectivity index (χ3n) is 2.82. The molecule has 0 fully saturated rings. The van der Waals surface area contributed by atoms with E-state index >= 15 is 0 Å². The van der Waals surface area contributed by atoms with Gasteiger partial charge >= 0.3 is 0 Å². The average Bonchev–Trinajstić information content (AvgIpc) is 2.91. The van der Waals surface area contributed by atoms with Crippen molar-refractivity contribution in [3.05, 3.63) is 23.1 Å². The number of nitrogens with zero attached hydrogens (tertiary/aromatic N) is 3. The van der Waals surface area contributed by atoms with Crippen LogP contribution in [0, 0.1) is 0 Å². The van der Waals surface area contributed by atoms with Crippen molar-refractivity contribution in [3.8, 4) is 10.7 Å². The van der Waals surface area contributed by atoms with E-state index in [0.717, 1.165) is 23.7 Å². The molecule has 0 aromatic carbocycles. The SMILES string of the molecule is CCc1nc(-c2cncn2C)sc1CNC(C)C. The summed E-state index contributed by atoms with van der Waals surface area (Å²) in [5.74, 6) is 0. The fraction of sp³-hybridized carbons (Fsp3) is 0.538. The van der Waals surface area contributed by atoms with Gasteiger partial charge in [-0.05, 0) is 6.42 Å². The van der Waals surface area contributed by atoms with E-state index < -0.39 is 0 Å². The van der Waals surface area contributed by atoms with E-state index in [1.54, 1.807) is 11.3 Å². The van der Waals surface area contributed by atoms with Crippen molar-refractivity contribution in [3.63, 3.8) is 0 Å². The quantitative estimate of drug-likeness (QED) is 0.902. The monoisotopic (exact) mass is 264 g/mol. The predicted octanol–water partition coefficient (Wildman–Crippen LogP) is 2.60. The van der Waals surface area contributed by atoms with Crippen LogP contribution in [0.4, 0.5) is 0 Å². The van der Waals surface area contributed by atoms with Gasteiger partial charge in [0, 0.05) is 24.5 Å². The van der Waals surface area contributed by atoms with Gasteiger partial charge in [0.25, 0.3) is 0 Å². The first-order valence-corrected chi connectivity index (χ1v) is 7.12. The molecule has 0 radical (unpaired) electrons. The van der Waals surface area contributed by atoms with E-state index in [1.165, 1.54) is 10.6 Å². The number of imidazole rings is 1. The van der Waals surface area contributed by atoms with Crippen LogP contribution < -0.4 is 5.32 Å². The molecule has 0 aliphatic heterocycles. The van der Waals surface area contributed by atoms with Crippen molar-refractivity contribution in [1.82, 2.24) is 19.9 Å². The number of rotatable bonds is 5. The Morgan fingerprint density at radius 3 is 2.78 bits per heavy atom. The highest BCUT2D eigenvalue weighted by molar-refractivity contribution is 7.15. The molecule has 2 rings (SSSR count). The minimum Gasteiger partial charge on any atom is -0.332 e. The van der Waals surface area contributed by atoms with Gasteiger partial charge in [-0.2, -0.15) is 0 Å². The second kappa shape index (κ2) is 5.63.